The molecule has 2 heterocycles. The van der Waals surface area contributed by atoms with Gasteiger partial charge in [0.05, 0.1) is 12.6 Å². The van der Waals surface area contributed by atoms with E-state index >= 15 is 0 Å². The molecule has 1 aliphatic heterocycles. The number of nitrogens with zero attached hydrogens (tertiary/aromatic N) is 2. The van der Waals surface area contributed by atoms with Crippen LogP contribution >= 0.6 is 0 Å². The number of nitrogens with one attached hydrogen (secondary N) is 1. The molecule has 6 nitrogen and oxygen atoms in total. The van der Waals surface area contributed by atoms with Crippen molar-refractivity contribution in [1.29, 1.82) is 0 Å². The first kappa shape index (κ1) is 19.7. The molecule has 3 rings (SSSR count). The maximum atomic E-state index is 11.3. The number of benzene rings is 1. The molecule has 148 valence electrons. The third-order valence-electron chi connectivity index (χ3n) is 5.31. The van der Waals surface area contributed by atoms with Gasteiger partial charge >= 0.3 is 5.97 Å². The fourth-order valence-corrected chi connectivity index (χ4v) is 4.26. The minimum Gasteiger partial charge on any atom is -0.494 e. The maximum Gasteiger partial charge on any atom is 0.303 e. The molecule has 0 amide bonds. The Morgan fingerprint density at radius 1 is 1.37 bits per heavy atom. The average molecular weight is 373 g/mol. The lowest BCUT2D eigenvalue weighted by atomic mass is 9.80. The molecule has 1 aliphatic rings. The van der Waals surface area contributed by atoms with Crippen molar-refractivity contribution < 1.29 is 14.6 Å². The van der Waals surface area contributed by atoms with Crippen LogP contribution in [0.2, 0.25) is 0 Å². The number of ether oxygens (including phenoxy) is 1. The van der Waals surface area contributed by atoms with Gasteiger partial charge in [0, 0.05) is 25.9 Å². The van der Waals surface area contributed by atoms with E-state index in [2.05, 4.69) is 30.7 Å². The lowest BCUT2D eigenvalue weighted by molar-refractivity contribution is -0.139. The summed E-state index contributed by atoms with van der Waals surface area (Å²) in [5.74, 6) is 1.43. The number of aromatic nitrogens is 2. The molecule has 1 fully saturated rings. The zero-order chi connectivity index (χ0) is 19.6. The number of rotatable bonds is 6. The molecule has 1 saturated heterocycles. The van der Waals surface area contributed by atoms with Crippen molar-refractivity contribution in [2.24, 2.45) is 17.3 Å². The Kier molecular flexibility index (Phi) is 5.75. The van der Waals surface area contributed by atoms with Crippen LogP contribution in [0.15, 0.2) is 18.2 Å². The Morgan fingerprint density at radius 2 is 2.15 bits per heavy atom. The Labute approximate surface area is 160 Å². The van der Waals surface area contributed by atoms with E-state index in [1.807, 2.05) is 18.2 Å². The van der Waals surface area contributed by atoms with Crippen LogP contribution in [0.25, 0.3) is 11.0 Å². The van der Waals surface area contributed by atoms with Crippen LogP contribution in [0, 0.1) is 17.3 Å². The van der Waals surface area contributed by atoms with Gasteiger partial charge in [0.15, 0.2) is 0 Å². The number of para-hydroxylation sites is 1. The van der Waals surface area contributed by atoms with E-state index in [4.69, 9.17) is 9.72 Å². The quantitative estimate of drug-likeness (QED) is 0.809. The van der Waals surface area contributed by atoms with Crippen LogP contribution in [0.1, 0.15) is 39.4 Å². The number of H-pyrrole nitrogens is 1. The summed E-state index contributed by atoms with van der Waals surface area (Å²) in [5, 5.41) is 9.33. The smallest absolute Gasteiger partial charge is 0.303 e. The molecule has 0 radical (unpaired) electrons. The first-order valence-electron chi connectivity index (χ1n) is 9.71. The van der Waals surface area contributed by atoms with Crippen LogP contribution in [0.5, 0.6) is 5.75 Å². The van der Waals surface area contributed by atoms with Gasteiger partial charge in [0.25, 0.3) is 0 Å². The molecule has 2 unspecified atom stereocenters. The number of carbonyl (C=O) groups is 1. The number of carboxylic acids is 1. The molecule has 0 saturated carbocycles. The largest absolute Gasteiger partial charge is 0.494 e. The van der Waals surface area contributed by atoms with Crippen LogP contribution in [-0.4, -0.2) is 52.7 Å². The molecule has 6 heteroatoms. The molecule has 0 spiro atoms. The number of aromatic amines is 1. The Bertz CT molecular complexity index is 794. The number of likely N-dealkylation sites (tertiary alicyclic amines) is 1. The highest BCUT2D eigenvalue weighted by Crippen LogP contribution is 2.32. The summed E-state index contributed by atoms with van der Waals surface area (Å²) in [6.07, 6.45) is 1.92. The fourth-order valence-electron chi connectivity index (χ4n) is 4.26. The highest BCUT2D eigenvalue weighted by atomic mass is 16.5. The van der Waals surface area contributed by atoms with Gasteiger partial charge in [-0.15, -0.1) is 0 Å². The molecule has 1 aromatic carbocycles. The summed E-state index contributed by atoms with van der Waals surface area (Å²) in [4.78, 5) is 22.0. The van der Waals surface area contributed by atoms with E-state index in [0.717, 1.165) is 55.1 Å². The van der Waals surface area contributed by atoms with E-state index in [1.54, 1.807) is 7.11 Å². The third kappa shape index (κ3) is 5.01. The second kappa shape index (κ2) is 7.89. The number of hydrogen-bond acceptors (Lipinski definition) is 4. The van der Waals surface area contributed by atoms with Gasteiger partial charge < -0.3 is 19.7 Å². The highest BCUT2D eigenvalue weighted by Gasteiger charge is 2.33. The highest BCUT2D eigenvalue weighted by molar-refractivity contribution is 5.81. The summed E-state index contributed by atoms with van der Waals surface area (Å²) >= 11 is 0. The molecule has 2 aromatic rings. The fraction of sp³-hybridized carbons (Fsp3) is 0.619. The van der Waals surface area contributed by atoms with E-state index in [9.17, 15) is 9.90 Å². The van der Waals surface area contributed by atoms with E-state index in [-0.39, 0.29) is 23.7 Å². The van der Waals surface area contributed by atoms with Crippen LogP contribution in [0.4, 0.5) is 0 Å². The van der Waals surface area contributed by atoms with Gasteiger partial charge in [-0.3, -0.25) is 4.79 Å². The average Bonchev–Trinajstić information content (AvgIpc) is 2.97. The zero-order valence-corrected chi connectivity index (χ0v) is 16.8. The lowest BCUT2D eigenvalue weighted by Crippen LogP contribution is -2.45. The summed E-state index contributed by atoms with van der Waals surface area (Å²) in [5.41, 5.74) is 2.03. The number of aliphatic carboxylic acids is 1. The molecule has 0 aliphatic carbocycles. The maximum absolute atomic E-state index is 11.3. The predicted molar refractivity (Wildman–Crippen MR) is 106 cm³/mol. The number of imidazole rings is 1. The number of piperidine rings is 1. The van der Waals surface area contributed by atoms with Crippen molar-refractivity contribution in [1.82, 2.24) is 14.9 Å². The molecule has 2 atom stereocenters. The first-order chi connectivity index (χ1) is 12.7. The lowest BCUT2D eigenvalue weighted by Gasteiger charge is -2.40. The molecule has 0 bridgehead atoms. The van der Waals surface area contributed by atoms with Gasteiger partial charge in [-0.1, -0.05) is 26.8 Å². The Hall–Kier alpha value is -2.08. The minimum absolute atomic E-state index is 0.189. The van der Waals surface area contributed by atoms with Crippen molar-refractivity contribution in [2.45, 2.75) is 40.0 Å². The summed E-state index contributed by atoms with van der Waals surface area (Å²) in [6, 6.07) is 5.85. The molecular weight excluding hydrogens is 342 g/mol. The topological polar surface area (TPSA) is 78.5 Å². The summed E-state index contributed by atoms with van der Waals surface area (Å²) < 4.78 is 5.41. The summed E-state index contributed by atoms with van der Waals surface area (Å²) in [7, 11) is 1.65. The standard InChI is InChI=1S/C21H31N3O3/c1-21(2,3)13-24-9-8-14(11-19(25)26)15(12-24)10-18-22-16-6-5-7-17(27-4)20(16)23-18/h5-7,14-15H,8-13H2,1-4H3,(H,22,23)(H,25,26). The Balaban J connectivity index is 1.80. The monoisotopic (exact) mass is 373 g/mol. The van der Waals surface area contributed by atoms with Gasteiger partial charge in [0.2, 0.25) is 0 Å². The van der Waals surface area contributed by atoms with E-state index < -0.39 is 5.97 Å². The Morgan fingerprint density at radius 3 is 2.81 bits per heavy atom. The third-order valence-corrected chi connectivity index (χ3v) is 5.31. The SMILES string of the molecule is COc1cccc2[nH]c(CC3CN(CC(C)(C)C)CCC3CC(=O)O)nc12. The van der Waals surface area contributed by atoms with Crippen molar-refractivity contribution in [2.75, 3.05) is 26.7 Å². The second-order valence-electron chi connectivity index (χ2n) is 8.95. The molecular formula is C21H31N3O3. The summed E-state index contributed by atoms with van der Waals surface area (Å²) in [6.45, 7) is 9.66. The van der Waals surface area contributed by atoms with Gasteiger partial charge in [-0.25, -0.2) is 4.98 Å². The molecule has 27 heavy (non-hydrogen) atoms. The van der Waals surface area contributed by atoms with E-state index in [0.29, 0.717) is 0 Å². The minimum atomic E-state index is -0.708. The van der Waals surface area contributed by atoms with Crippen molar-refractivity contribution in [3.8, 4) is 5.75 Å². The number of methoxy groups -OCH3 is 1. The van der Waals surface area contributed by atoms with Crippen LogP contribution in [-0.2, 0) is 11.2 Å². The predicted octanol–water partition coefficient (Wildman–Crippen LogP) is 3.57. The van der Waals surface area contributed by atoms with Crippen molar-refractivity contribution >= 4 is 17.0 Å². The van der Waals surface area contributed by atoms with Crippen LogP contribution in [0.3, 0.4) is 0 Å². The molecule has 2 N–H and O–H groups in total. The number of hydrogen-bond donors (Lipinski definition) is 2. The normalized spacial score (nSPS) is 21.5. The molecule has 1 aromatic heterocycles. The van der Waals surface area contributed by atoms with Gasteiger partial charge in [0.1, 0.15) is 17.1 Å². The van der Waals surface area contributed by atoms with E-state index in [1.165, 1.54) is 0 Å². The van der Waals surface area contributed by atoms with Crippen molar-refractivity contribution in [3.05, 3.63) is 24.0 Å². The van der Waals surface area contributed by atoms with Gasteiger partial charge in [-0.05, 0) is 42.3 Å². The van der Waals surface area contributed by atoms with Gasteiger partial charge in [-0.2, -0.15) is 0 Å². The second-order valence-corrected chi connectivity index (χ2v) is 8.95. The van der Waals surface area contributed by atoms with Crippen LogP contribution < -0.4 is 4.74 Å². The number of fused-ring (bicyclic) bond motifs is 1. The zero-order valence-electron chi connectivity index (χ0n) is 16.8. The number of carboxylic acid groups (broad SMARTS) is 1. The van der Waals surface area contributed by atoms with Crippen molar-refractivity contribution in [3.63, 3.8) is 0 Å². The first-order valence-corrected chi connectivity index (χ1v) is 9.71.